The van der Waals surface area contributed by atoms with Crippen LogP contribution >= 0.6 is 0 Å². The van der Waals surface area contributed by atoms with Gasteiger partial charge in [-0.15, -0.1) is 0 Å². The van der Waals surface area contributed by atoms with Crippen LogP contribution in [0.1, 0.15) is 30.7 Å². The lowest BCUT2D eigenvalue weighted by Crippen LogP contribution is -2.50. The minimum atomic E-state index is -0.960. The molecular formula is C15H25N3O4. The fourth-order valence-electron chi connectivity index (χ4n) is 2.79. The van der Waals surface area contributed by atoms with Crippen LogP contribution in [0.15, 0.2) is 10.6 Å². The number of aromatic nitrogens is 1. The first kappa shape index (κ1) is 16.9. The van der Waals surface area contributed by atoms with Crippen LogP contribution in [0.2, 0.25) is 0 Å². The summed E-state index contributed by atoms with van der Waals surface area (Å²) in [6.45, 7) is 2.35. The van der Waals surface area contributed by atoms with Crippen molar-refractivity contribution in [1.29, 1.82) is 0 Å². The highest BCUT2D eigenvalue weighted by atomic mass is 16.5. The Labute approximate surface area is 130 Å². The minimum Gasteiger partial charge on any atom is -0.388 e. The number of piperidine rings is 1. The van der Waals surface area contributed by atoms with Crippen LogP contribution in [0.3, 0.4) is 0 Å². The van der Waals surface area contributed by atoms with Crippen molar-refractivity contribution in [3.8, 4) is 0 Å². The number of aliphatic hydroxyl groups is 1. The van der Waals surface area contributed by atoms with Crippen LogP contribution in [0.5, 0.6) is 0 Å². The Kier molecular flexibility index (Phi) is 5.55. The van der Waals surface area contributed by atoms with Crippen molar-refractivity contribution in [2.75, 3.05) is 34.3 Å². The Bertz CT molecular complexity index is 503. The summed E-state index contributed by atoms with van der Waals surface area (Å²) in [4.78, 5) is 15.5. The summed E-state index contributed by atoms with van der Waals surface area (Å²) in [6.07, 6.45) is 1.67. The fraction of sp³-hybridized carbons (Fsp3) is 0.733. The van der Waals surface area contributed by atoms with Crippen LogP contribution in [0.25, 0.3) is 0 Å². The summed E-state index contributed by atoms with van der Waals surface area (Å²) >= 11 is 0. The van der Waals surface area contributed by atoms with Crippen LogP contribution in [0.4, 0.5) is 0 Å². The number of β-amino-alcohol motifs (C(OH)–C–C–N with tert-alkyl or cyclic N) is 1. The summed E-state index contributed by atoms with van der Waals surface area (Å²) in [5.41, 5.74) is -0.145. The monoisotopic (exact) mass is 311 g/mol. The van der Waals surface area contributed by atoms with Gasteiger partial charge in [-0.25, -0.2) is 0 Å². The first-order valence-electron chi connectivity index (χ1n) is 7.50. The molecule has 0 aromatic carbocycles. The number of carbonyl (C=O) groups is 1. The molecular weight excluding hydrogens is 286 g/mol. The topological polar surface area (TPSA) is 79.0 Å². The van der Waals surface area contributed by atoms with E-state index in [1.165, 1.54) is 4.90 Å². The van der Waals surface area contributed by atoms with Gasteiger partial charge in [-0.1, -0.05) is 5.16 Å². The molecule has 0 radical (unpaired) electrons. The summed E-state index contributed by atoms with van der Waals surface area (Å²) in [7, 11) is 5.02. The first-order valence-corrected chi connectivity index (χ1v) is 7.50. The lowest BCUT2D eigenvalue weighted by atomic mass is 9.89. The van der Waals surface area contributed by atoms with Crippen molar-refractivity contribution in [3.63, 3.8) is 0 Å². The lowest BCUT2D eigenvalue weighted by molar-refractivity contribution is -0.136. The number of likely N-dealkylation sites (tertiary alicyclic amines) is 1. The molecule has 7 heteroatoms. The molecule has 0 bridgehead atoms. The molecule has 1 aromatic heterocycles. The Hall–Kier alpha value is -1.44. The molecule has 1 unspecified atom stereocenters. The van der Waals surface area contributed by atoms with Crippen molar-refractivity contribution in [2.45, 2.75) is 38.0 Å². The molecule has 2 heterocycles. The van der Waals surface area contributed by atoms with E-state index >= 15 is 0 Å². The Balaban J connectivity index is 1.93. The van der Waals surface area contributed by atoms with Gasteiger partial charge in [-0.3, -0.25) is 9.69 Å². The van der Waals surface area contributed by atoms with E-state index in [1.807, 2.05) is 6.07 Å². The quantitative estimate of drug-likeness (QED) is 0.830. The number of hydrogen-bond donors (Lipinski definition) is 1. The van der Waals surface area contributed by atoms with Gasteiger partial charge in [0, 0.05) is 40.4 Å². The molecule has 124 valence electrons. The number of methoxy groups -OCH3 is 1. The average molecular weight is 311 g/mol. The van der Waals surface area contributed by atoms with E-state index in [2.05, 4.69) is 10.1 Å². The number of carbonyl (C=O) groups excluding carboxylic acids is 1. The van der Waals surface area contributed by atoms with Crippen LogP contribution in [-0.2, 0) is 22.7 Å². The van der Waals surface area contributed by atoms with E-state index in [0.29, 0.717) is 31.9 Å². The molecule has 0 saturated carbocycles. The third-order valence-electron chi connectivity index (χ3n) is 3.89. The zero-order chi connectivity index (χ0) is 16.2. The molecule has 7 nitrogen and oxygen atoms in total. The molecule has 0 aliphatic carbocycles. The van der Waals surface area contributed by atoms with E-state index in [0.717, 1.165) is 18.7 Å². The largest absolute Gasteiger partial charge is 0.388 e. The van der Waals surface area contributed by atoms with Gasteiger partial charge in [0.25, 0.3) is 0 Å². The molecule has 1 aliphatic rings. The second-order valence-corrected chi connectivity index (χ2v) is 6.22. The summed E-state index contributed by atoms with van der Waals surface area (Å²) in [6, 6.07) is 1.86. The highest BCUT2D eigenvalue weighted by Crippen LogP contribution is 2.26. The summed E-state index contributed by atoms with van der Waals surface area (Å²) in [5.74, 6) is 0.640. The van der Waals surface area contributed by atoms with Gasteiger partial charge in [0.1, 0.15) is 6.61 Å². The maximum absolute atomic E-state index is 11.9. The number of nitrogens with zero attached hydrogens (tertiary/aromatic N) is 3. The van der Waals surface area contributed by atoms with Crippen molar-refractivity contribution in [3.05, 3.63) is 17.5 Å². The number of ether oxygens (including phenoxy) is 1. The fourth-order valence-corrected chi connectivity index (χ4v) is 2.79. The molecule has 22 heavy (non-hydrogen) atoms. The van der Waals surface area contributed by atoms with Crippen LogP contribution in [-0.4, -0.2) is 65.9 Å². The van der Waals surface area contributed by atoms with Gasteiger partial charge in [0.2, 0.25) is 5.91 Å². The molecule has 1 atom stereocenters. The smallest absolute Gasteiger partial charge is 0.224 e. The van der Waals surface area contributed by atoms with Gasteiger partial charge >= 0.3 is 0 Å². The van der Waals surface area contributed by atoms with Crippen molar-refractivity contribution >= 4 is 5.91 Å². The number of rotatable bonds is 6. The van der Waals surface area contributed by atoms with Crippen molar-refractivity contribution in [2.24, 2.45) is 0 Å². The van der Waals surface area contributed by atoms with E-state index in [9.17, 15) is 9.90 Å². The van der Waals surface area contributed by atoms with Crippen LogP contribution in [0, 0.1) is 0 Å². The molecule has 1 aromatic rings. The van der Waals surface area contributed by atoms with Gasteiger partial charge in [0.05, 0.1) is 17.7 Å². The SMILES string of the molecule is COCc1cc(CN2CCCC(O)(CC(=O)N(C)C)C2)no1. The highest BCUT2D eigenvalue weighted by Gasteiger charge is 2.35. The maximum Gasteiger partial charge on any atom is 0.224 e. The predicted molar refractivity (Wildman–Crippen MR) is 80.0 cm³/mol. The van der Waals surface area contributed by atoms with Gasteiger partial charge in [0.15, 0.2) is 5.76 Å². The zero-order valence-corrected chi connectivity index (χ0v) is 13.5. The molecule has 1 saturated heterocycles. The minimum absolute atomic E-state index is 0.0480. The van der Waals surface area contributed by atoms with Crippen molar-refractivity contribution in [1.82, 2.24) is 15.0 Å². The van der Waals surface area contributed by atoms with E-state index < -0.39 is 5.60 Å². The molecule has 0 spiro atoms. The number of amides is 1. The van der Waals surface area contributed by atoms with Gasteiger partial charge in [-0.2, -0.15) is 0 Å². The third-order valence-corrected chi connectivity index (χ3v) is 3.89. The Morgan fingerprint density at radius 1 is 1.59 bits per heavy atom. The molecule has 1 amide bonds. The molecule has 1 N–H and O–H groups in total. The second kappa shape index (κ2) is 7.21. The summed E-state index contributed by atoms with van der Waals surface area (Å²) < 4.78 is 10.2. The standard InChI is InChI=1S/C15H25N3O4/c1-17(2)14(19)8-15(20)5-4-6-18(11-15)9-12-7-13(10-21-3)22-16-12/h7,20H,4-6,8-11H2,1-3H3. The third kappa shape index (κ3) is 4.53. The van der Waals surface area contributed by atoms with Crippen LogP contribution < -0.4 is 0 Å². The zero-order valence-electron chi connectivity index (χ0n) is 13.5. The average Bonchev–Trinajstić information content (AvgIpc) is 2.86. The van der Waals surface area contributed by atoms with E-state index in [4.69, 9.17) is 9.26 Å². The predicted octanol–water partition coefficient (Wildman–Crippen LogP) is 0.626. The van der Waals surface area contributed by atoms with Crippen molar-refractivity contribution < 1.29 is 19.2 Å². The first-order chi connectivity index (χ1) is 10.4. The van der Waals surface area contributed by atoms with E-state index in [1.54, 1.807) is 21.2 Å². The Morgan fingerprint density at radius 3 is 3.05 bits per heavy atom. The maximum atomic E-state index is 11.9. The lowest BCUT2D eigenvalue weighted by Gasteiger charge is -2.39. The van der Waals surface area contributed by atoms with Gasteiger partial charge in [-0.05, 0) is 19.4 Å². The normalized spacial score (nSPS) is 22.7. The second-order valence-electron chi connectivity index (χ2n) is 6.22. The molecule has 1 fully saturated rings. The Morgan fingerprint density at radius 2 is 2.36 bits per heavy atom. The summed E-state index contributed by atoms with van der Waals surface area (Å²) in [5, 5.41) is 14.7. The molecule has 1 aliphatic heterocycles. The van der Waals surface area contributed by atoms with E-state index in [-0.39, 0.29) is 12.3 Å². The van der Waals surface area contributed by atoms with Gasteiger partial charge < -0.3 is 19.3 Å². The number of hydrogen-bond acceptors (Lipinski definition) is 6. The highest BCUT2D eigenvalue weighted by molar-refractivity contribution is 5.76. The molecule has 2 rings (SSSR count).